The highest BCUT2D eigenvalue weighted by Crippen LogP contribution is 2.27. The van der Waals surface area contributed by atoms with E-state index in [4.69, 9.17) is 9.47 Å². The molecule has 112 valence electrons. The van der Waals surface area contributed by atoms with Gasteiger partial charge >= 0.3 is 0 Å². The zero-order valence-electron chi connectivity index (χ0n) is 12.4. The van der Waals surface area contributed by atoms with Crippen LogP contribution in [0, 0.1) is 0 Å². The summed E-state index contributed by atoms with van der Waals surface area (Å²) in [5, 5.41) is 10.3. The van der Waals surface area contributed by atoms with Crippen molar-refractivity contribution in [1.29, 1.82) is 0 Å². The molecular weight excluding hydrogens is 252 g/mol. The van der Waals surface area contributed by atoms with Crippen molar-refractivity contribution in [3.63, 3.8) is 0 Å². The number of ether oxygens (including phenoxy) is 2. The van der Waals surface area contributed by atoms with Gasteiger partial charge in [-0.1, -0.05) is 43.9 Å². The average molecular weight is 278 g/mol. The largest absolute Gasteiger partial charge is 0.493 e. The molecular formula is C17H26O3. The SMILES string of the molecule is CCOc1ccccc1C(O)COC1CCCCCC1. The van der Waals surface area contributed by atoms with Crippen LogP contribution in [0.4, 0.5) is 0 Å². The fourth-order valence-corrected chi connectivity index (χ4v) is 2.77. The van der Waals surface area contributed by atoms with E-state index in [9.17, 15) is 5.11 Å². The quantitative estimate of drug-likeness (QED) is 0.803. The highest BCUT2D eigenvalue weighted by atomic mass is 16.5. The first kappa shape index (κ1) is 15.3. The summed E-state index contributed by atoms with van der Waals surface area (Å²) >= 11 is 0. The summed E-state index contributed by atoms with van der Waals surface area (Å²) in [6.45, 7) is 2.91. The highest BCUT2D eigenvalue weighted by molar-refractivity contribution is 5.35. The summed E-state index contributed by atoms with van der Waals surface area (Å²) < 4.78 is 11.5. The third kappa shape index (κ3) is 4.50. The fourth-order valence-electron chi connectivity index (χ4n) is 2.77. The lowest BCUT2D eigenvalue weighted by Gasteiger charge is -2.20. The molecule has 0 saturated heterocycles. The van der Waals surface area contributed by atoms with Gasteiger partial charge in [-0.15, -0.1) is 0 Å². The summed E-state index contributed by atoms with van der Waals surface area (Å²) in [5.74, 6) is 0.756. The van der Waals surface area contributed by atoms with E-state index in [1.807, 2.05) is 31.2 Å². The van der Waals surface area contributed by atoms with Gasteiger partial charge in [-0.3, -0.25) is 0 Å². The van der Waals surface area contributed by atoms with Crippen molar-refractivity contribution in [3.05, 3.63) is 29.8 Å². The van der Waals surface area contributed by atoms with Crippen LogP contribution in [0.5, 0.6) is 5.75 Å². The van der Waals surface area contributed by atoms with Crippen molar-refractivity contribution in [1.82, 2.24) is 0 Å². The highest BCUT2D eigenvalue weighted by Gasteiger charge is 2.17. The van der Waals surface area contributed by atoms with Crippen LogP contribution in [0.15, 0.2) is 24.3 Å². The van der Waals surface area contributed by atoms with E-state index in [1.54, 1.807) is 0 Å². The van der Waals surface area contributed by atoms with Gasteiger partial charge in [0.1, 0.15) is 11.9 Å². The van der Waals surface area contributed by atoms with Gasteiger partial charge in [-0.25, -0.2) is 0 Å². The molecule has 1 saturated carbocycles. The maximum absolute atomic E-state index is 10.3. The van der Waals surface area contributed by atoms with Gasteiger partial charge in [0.05, 0.1) is 19.3 Å². The molecule has 1 atom stereocenters. The number of para-hydroxylation sites is 1. The van der Waals surface area contributed by atoms with E-state index in [-0.39, 0.29) is 0 Å². The van der Waals surface area contributed by atoms with Gasteiger partial charge in [0.25, 0.3) is 0 Å². The number of hydrogen-bond acceptors (Lipinski definition) is 3. The van der Waals surface area contributed by atoms with Gasteiger partial charge in [-0.2, -0.15) is 0 Å². The molecule has 3 nitrogen and oxygen atoms in total. The molecule has 0 heterocycles. The third-order valence-electron chi connectivity index (χ3n) is 3.87. The molecule has 0 radical (unpaired) electrons. The summed E-state index contributed by atoms with van der Waals surface area (Å²) in [5.41, 5.74) is 0.822. The molecule has 1 aromatic rings. The number of aliphatic hydroxyl groups excluding tert-OH is 1. The second-order valence-corrected chi connectivity index (χ2v) is 5.43. The lowest BCUT2D eigenvalue weighted by atomic mass is 10.1. The maximum atomic E-state index is 10.3. The topological polar surface area (TPSA) is 38.7 Å². The van der Waals surface area contributed by atoms with Crippen molar-refractivity contribution in [2.75, 3.05) is 13.2 Å². The predicted octanol–water partition coefficient (Wildman–Crippen LogP) is 3.86. The summed E-state index contributed by atoms with van der Waals surface area (Å²) in [6, 6.07) is 7.65. The van der Waals surface area contributed by atoms with E-state index in [0.717, 1.165) is 24.2 Å². The van der Waals surface area contributed by atoms with Gasteiger partial charge in [0.15, 0.2) is 0 Å². The molecule has 0 aromatic heterocycles. The summed E-state index contributed by atoms with van der Waals surface area (Å²) in [7, 11) is 0. The van der Waals surface area contributed by atoms with E-state index in [0.29, 0.717) is 19.3 Å². The standard InChI is InChI=1S/C17H26O3/c1-2-19-17-12-8-7-11-15(17)16(18)13-20-14-9-5-3-4-6-10-14/h7-8,11-12,14,16,18H,2-6,9-10,13H2,1H3. The molecule has 1 fully saturated rings. The molecule has 1 aliphatic carbocycles. The molecule has 3 heteroatoms. The zero-order chi connectivity index (χ0) is 14.2. The van der Waals surface area contributed by atoms with Crippen molar-refractivity contribution in [2.45, 2.75) is 57.7 Å². The molecule has 0 aliphatic heterocycles. The van der Waals surface area contributed by atoms with E-state index in [2.05, 4.69) is 0 Å². The van der Waals surface area contributed by atoms with Crippen LogP contribution in [0.3, 0.4) is 0 Å². The summed E-state index contributed by atoms with van der Waals surface area (Å²) in [6.07, 6.45) is 7.07. The van der Waals surface area contributed by atoms with Gasteiger partial charge in [0, 0.05) is 5.56 Å². The number of benzene rings is 1. The van der Waals surface area contributed by atoms with Crippen LogP contribution in [-0.4, -0.2) is 24.4 Å². The molecule has 0 spiro atoms. The van der Waals surface area contributed by atoms with Gasteiger partial charge in [0.2, 0.25) is 0 Å². The van der Waals surface area contributed by atoms with Crippen LogP contribution >= 0.6 is 0 Å². The third-order valence-corrected chi connectivity index (χ3v) is 3.87. The Balaban J connectivity index is 1.89. The Morgan fingerprint density at radius 1 is 1.15 bits per heavy atom. The Morgan fingerprint density at radius 3 is 2.55 bits per heavy atom. The molecule has 0 bridgehead atoms. The Hall–Kier alpha value is -1.06. The van der Waals surface area contributed by atoms with Crippen LogP contribution in [0.1, 0.15) is 57.1 Å². The molecule has 1 unspecified atom stereocenters. The lowest BCUT2D eigenvalue weighted by Crippen LogP contribution is -2.17. The first-order valence-electron chi connectivity index (χ1n) is 7.82. The van der Waals surface area contributed by atoms with E-state index >= 15 is 0 Å². The maximum Gasteiger partial charge on any atom is 0.125 e. The van der Waals surface area contributed by atoms with Crippen molar-refractivity contribution >= 4 is 0 Å². The number of hydrogen-bond donors (Lipinski definition) is 1. The first-order chi connectivity index (χ1) is 9.81. The molecule has 20 heavy (non-hydrogen) atoms. The average Bonchev–Trinajstić information content (AvgIpc) is 2.74. The monoisotopic (exact) mass is 278 g/mol. The second-order valence-electron chi connectivity index (χ2n) is 5.43. The number of rotatable bonds is 6. The Bertz CT molecular complexity index is 384. The summed E-state index contributed by atoms with van der Waals surface area (Å²) in [4.78, 5) is 0. The Labute approximate surface area is 121 Å². The Morgan fingerprint density at radius 2 is 1.85 bits per heavy atom. The van der Waals surface area contributed by atoms with Crippen molar-refractivity contribution in [3.8, 4) is 5.75 Å². The normalized spacial score (nSPS) is 18.5. The lowest BCUT2D eigenvalue weighted by molar-refractivity contribution is -0.0167. The van der Waals surface area contributed by atoms with Crippen molar-refractivity contribution < 1.29 is 14.6 Å². The van der Waals surface area contributed by atoms with Gasteiger partial charge < -0.3 is 14.6 Å². The number of aliphatic hydroxyl groups is 1. The molecule has 2 rings (SSSR count). The molecule has 0 amide bonds. The molecule has 1 aliphatic rings. The first-order valence-corrected chi connectivity index (χ1v) is 7.82. The van der Waals surface area contributed by atoms with Crippen LogP contribution in [0.25, 0.3) is 0 Å². The van der Waals surface area contributed by atoms with Crippen LogP contribution in [0.2, 0.25) is 0 Å². The van der Waals surface area contributed by atoms with Crippen molar-refractivity contribution in [2.24, 2.45) is 0 Å². The minimum absolute atomic E-state index is 0.311. The van der Waals surface area contributed by atoms with Crippen LogP contribution in [-0.2, 0) is 4.74 Å². The Kier molecular flexibility index (Phi) is 6.34. The fraction of sp³-hybridized carbons (Fsp3) is 0.647. The minimum Gasteiger partial charge on any atom is -0.493 e. The molecule has 1 N–H and O–H groups in total. The smallest absolute Gasteiger partial charge is 0.125 e. The van der Waals surface area contributed by atoms with Gasteiger partial charge in [-0.05, 0) is 25.8 Å². The predicted molar refractivity (Wildman–Crippen MR) is 80.0 cm³/mol. The minimum atomic E-state index is -0.610. The van der Waals surface area contributed by atoms with E-state index in [1.165, 1.54) is 25.7 Å². The second kappa shape index (κ2) is 8.28. The van der Waals surface area contributed by atoms with E-state index < -0.39 is 6.10 Å². The van der Waals surface area contributed by atoms with Crippen LogP contribution < -0.4 is 4.74 Å². The molecule has 1 aromatic carbocycles. The zero-order valence-corrected chi connectivity index (χ0v) is 12.4.